The van der Waals surface area contributed by atoms with Gasteiger partial charge in [-0.05, 0) is 24.6 Å². The summed E-state index contributed by atoms with van der Waals surface area (Å²) in [6.07, 6.45) is 1.40. The number of aromatic nitrogens is 1. The summed E-state index contributed by atoms with van der Waals surface area (Å²) in [7, 11) is 0. The number of amides is 2. The Kier molecular flexibility index (Phi) is 6.70. The van der Waals surface area contributed by atoms with Gasteiger partial charge in [-0.15, -0.1) is 23.1 Å². The van der Waals surface area contributed by atoms with Crippen molar-refractivity contribution in [1.29, 1.82) is 0 Å². The van der Waals surface area contributed by atoms with Gasteiger partial charge in [-0.2, -0.15) is 0 Å². The highest BCUT2D eigenvalue weighted by Crippen LogP contribution is 2.40. The van der Waals surface area contributed by atoms with E-state index in [2.05, 4.69) is 15.5 Å². The first-order valence-electron chi connectivity index (χ1n) is 10.0. The first kappa shape index (κ1) is 24.2. The Hall–Kier alpha value is -3.98. The number of nitro benzene ring substituents is 1. The monoisotopic (exact) mass is 518 g/mol. The molecule has 1 saturated heterocycles. The second-order valence-corrected chi connectivity index (χ2v) is 9.82. The molecule has 0 spiro atoms. The molecule has 0 saturated carbocycles. The smallest absolute Gasteiger partial charge is 0.336 e. The van der Waals surface area contributed by atoms with Crippen molar-refractivity contribution in [2.75, 3.05) is 5.73 Å². The van der Waals surface area contributed by atoms with Crippen molar-refractivity contribution < 1.29 is 29.3 Å². The van der Waals surface area contributed by atoms with Gasteiger partial charge in [0.2, 0.25) is 0 Å². The number of oxime groups is 1. The van der Waals surface area contributed by atoms with E-state index >= 15 is 0 Å². The van der Waals surface area contributed by atoms with Crippen LogP contribution in [0.25, 0.3) is 0 Å². The zero-order chi connectivity index (χ0) is 25.3. The van der Waals surface area contributed by atoms with E-state index in [4.69, 9.17) is 10.5 Å². The lowest BCUT2D eigenvalue weighted by Gasteiger charge is -2.48. The number of nitrogens with zero attached hydrogens (tertiary/aromatic N) is 4. The van der Waals surface area contributed by atoms with Crippen molar-refractivity contribution in [2.24, 2.45) is 5.16 Å². The van der Waals surface area contributed by atoms with Crippen LogP contribution in [0.4, 0.5) is 10.8 Å². The van der Waals surface area contributed by atoms with Gasteiger partial charge >= 0.3 is 5.97 Å². The molecular weight excluding hydrogens is 500 g/mol. The summed E-state index contributed by atoms with van der Waals surface area (Å²) in [6, 6.07) is 4.72. The van der Waals surface area contributed by atoms with Gasteiger partial charge in [0.1, 0.15) is 23.7 Å². The Labute approximate surface area is 205 Å². The fraction of sp³-hybridized carbons (Fsp3) is 0.250. The highest BCUT2D eigenvalue weighted by atomic mass is 32.2. The van der Waals surface area contributed by atoms with Crippen molar-refractivity contribution in [3.05, 3.63) is 62.8 Å². The van der Waals surface area contributed by atoms with Gasteiger partial charge in [0, 0.05) is 29.0 Å². The lowest BCUT2D eigenvalue weighted by Crippen LogP contribution is -2.69. The number of hydrogen-bond acceptors (Lipinski definition) is 12. The van der Waals surface area contributed by atoms with Crippen molar-refractivity contribution >= 4 is 57.4 Å². The third kappa shape index (κ3) is 4.81. The SMILES string of the molecule is CC1S[C@@H]2C(NC(=O)C(=NO)c3csc(N)n3)C(=O)N2C=C1C(=O)OCc1ccc([N+](=O)[O-])cc1. The number of thioether (sulfide) groups is 1. The number of thiazole rings is 1. The maximum absolute atomic E-state index is 12.6. The number of nitrogens with one attached hydrogen (secondary N) is 1. The molecule has 0 radical (unpaired) electrons. The van der Waals surface area contributed by atoms with Crippen molar-refractivity contribution in [3.63, 3.8) is 0 Å². The summed E-state index contributed by atoms with van der Waals surface area (Å²) in [5.74, 6) is -1.86. The fourth-order valence-electron chi connectivity index (χ4n) is 3.42. The number of carbonyl (C=O) groups excluding carboxylic acids is 3. The molecule has 3 heterocycles. The summed E-state index contributed by atoms with van der Waals surface area (Å²) in [6.45, 7) is 1.67. The van der Waals surface area contributed by atoms with Gasteiger partial charge in [-0.25, -0.2) is 9.78 Å². The van der Waals surface area contributed by atoms with E-state index in [9.17, 15) is 29.7 Å². The Morgan fingerprint density at radius 1 is 1.37 bits per heavy atom. The van der Waals surface area contributed by atoms with Gasteiger partial charge < -0.3 is 25.9 Å². The number of carbonyl (C=O) groups is 3. The fourth-order valence-corrected chi connectivity index (χ4v) is 5.33. The number of rotatable bonds is 7. The van der Waals surface area contributed by atoms with Crippen molar-refractivity contribution in [2.45, 2.75) is 30.2 Å². The molecule has 2 aromatic rings. The number of nitro groups is 1. The largest absolute Gasteiger partial charge is 0.457 e. The van der Waals surface area contributed by atoms with Gasteiger partial charge in [-0.1, -0.05) is 5.16 Å². The molecule has 1 aromatic carbocycles. The van der Waals surface area contributed by atoms with E-state index in [1.54, 1.807) is 6.92 Å². The van der Waals surface area contributed by atoms with E-state index in [0.717, 1.165) is 11.3 Å². The number of ether oxygens (including phenoxy) is 1. The summed E-state index contributed by atoms with van der Waals surface area (Å²) < 4.78 is 5.31. The number of nitrogens with two attached hydrogens (primary N) is 1. The molecule has 0 aliphatic carbocycles. The van der Waals surface area contributed by atoms with E-state index in [1.165, 1.54) is 52.5 Å². The molecule has 3 atom stereocenters. The van der Waals surface area contributed by atoms with Crippen LogP contribution in [0, 0.1) is 10.1 Å². The van der Waals surface area contributed by atoms with Crippen LogP contribution >= 0.6 is 23.1 Å². The number of β-lactam (4-membered cyclic amide) rings is 1. The van der Waals surface area contributed by atoms with Crippen LogP contribution < -0.4 is 11.1 Å². The highest BCUT2D eigenvalue weighted by Gasteiger charge is 2.52. The number of non-ortho nitro benzene ring substituents is 1. The van der Waals surface area contributed by atoms with Crippen LogP contribution in [0.5, 0.6) is 0 Å². The topological polar surface area (TPSA) is 190 Å². The molecule has 182 valence electrons. The third-order valence-corrected chi connectivity index (χ3v) is 7.37. The summed E-state index contributed by atoms with van der Waals surface area (Å²) >= 11 is 2.35. The number of benzene rings is 1. The van der Waals surface area contributed by atoms with E-state index < -0.39 is 34.1 Å². The molecule has 15 heteroatoms. The number of esters is 1. The normalized spacial score (nSPS) is 21.5. The lowest BCUT2D eigenvalue weighted by molar-refractivity contribution is -0.384. The lowest BCUT2D eigenvalue weighted by atomic mass is 10.1. The maximum Gasteiger partial charge on any atom is 0.336 e. The van der Waals surface area contributed by atoms with Crippen LogP contribution in [0.3, 0.4) is 0 Å². The molecule has 1 aromatic heterocycles. The van der Waals surface area contributed by atoms with E-state index in [0.29, 0.717) is 5.56 Å². The maximum atomic E-state index is 12.6. The predicted octanol–water partition coefficient (Wildman–Crippen LogP) is 1.23. The van der Waals surface area contributed by atoms with E-state index in [1.807, 2.05) is 0 Å². The van der Waals surface area contributed by atoms with Crippen LogP contribution in [0.15, 0.2) is 46.6 Å². The van der Waals surface area contributed by atoms with E-state index in [-0.39, 0.29) is 39.7 Å². The average Bonchev–Trinajstić information content (AvgIpc) is 3.27. The second kappa shape index (κ2) is 9.71. The van der Waals surface area contributed by atoms with Crippen LogP contribution in [-0.4, -0.2) is 60.2 Å². The molecular formula is C20H18N6O7S2. The number of fused-ring (bicyclic) bond motifs is 1. The minimum atomic E-state index is -0.892. The first-order valence-corrected chi connectivity index (χ1v) is 11.9. The van der Waals surface area contributed by atoms with Crippen LogP contribution in [0.1, 0.15) is 18.2 Å². The Morgan fingerprint density at radius 2 is 2.09 bits per heavy atom. The predicted molar refractivity (Wildman–Crippen MR) is 125 cm³/mol. The van der Waals surface area contributed by atoms with Crippen LogP contribution in [0.2, 0.25) is 0 Å². The Morgan fingerprint density at radius 3 is 2.69 bits per heavy atom. The van der Waals surface area contributed by atoms with Crippen LogP contribution in [-0.2, 0) is 25.7 Å². The average molecular weight is 519 g/mol. The summed E-state index contributed by atoms with van der Waals surface area (Å²) in [5, 5.41) is 26.3. The molecule has 13 nitrogen and oxygen atoms in total. The minimum Gasteiger partial charge on any atom is -0.457 e. The Bertz CT molecular complexity index is 1260. The van der Waals surface area contributed by atoms with Gasteiger partial charge in [-0.3, -0.25) is 19.7 Å². The zero-order valence-electron chi connectivity index (χ0n) is 18.0. The second-order valence-electron chi connectivity index (χ2n) is 7.47. The quantitative estimate of drug-likeness (QED) is 0.120. The zero-order valence-corrected chi connectivity index (χ0v) is 19.6. The molecule has 4 N–H and O–H groups in total. The molecule has 2 amide bonds. The number of hydrogen-bond donors (Lipinski definition) is 3. The Balaban J connectivity index is 1.38. The van der Waals surface area contributed by atoms with Gasteiger partial charge in [0.15, 0.2) is 10.8 Å². The van der Waals surface area contributed by atoms with Gasteiger partial charge in [0.25, 0.3) is 17.5 Å². The number of nitrogen functional groups attached to an aromatic ring is 1. The molecule has 35 heavy (non-hydrogen) atoms. The molecule has 0 bridgehead atoms. The molecule has 2 aliphatic rings. The number of anilines is 1. The summed E-state index contributed by atoms with van der Waals surface area (Å²) in [4.78, 5) is 53.2. The highest BCUT2D eigenvalue weighted by molar-refractivity contribution is 8.00. The summed E-state index contributed by atoms with van der Waals surface area (Å²) in [5.41, 5.74) is 6.03. The van der Waals surface area contributed by atoms with Crippen molar-refractivity contribution in [1.82, 2.24) is 15.2 Å². The first-order chi connectivity index (χ1) is 16.7. The van der Waals surface area contributed by atoms with Crippen molar-refractivity contribution in [3.8, 4) is 0 Å². The molecule has 2 unspecified atom stereocenters. The minimum absolute atomic E-state index is 0.0721. The molecule has 1 fully saturated rings. The van der Waals surface area contributed by atoms with Gasteiger partial charge in [0.05, 0.1) is 10.5 Å². The standard InChI is InChI=1S/C20H18N6O7S2/c1-9-12(19(29)33-7-10-2-4-11(5-3-10)26(31)32)6-25-17(28)15(18(25)35-9)23-16(27)14(24-30)13-8-34-20(21)22-13/h2-6,8-9,15,18,30H,7H2,1H3,(H2,21,22)(H,23,27)/t9?,15?,18-/m1/s1. The third-order valence-electron chi connectivity index (χ3n) is 5.26. The molecule has 2 aliphatic heterocycles. The molecule has 4 rings (SSSR count).